The van der Waals surface area contributed by atoms with Crippen molar-refractivity contribution in [3.63, 3.8) is 0 Å². The Balaban J connectivity index is 3.23. The first-order valence-electron chi connectivity index (χ1n) is 4.01. The van der Waals surface area contributed by atoms with E-state index in [1.165, 1.54) is 19.2 Å². The number of nitrogens with two attached hydrogens (primary N) is 1. The van der Waals surface area contributed by atoms with E-state index in [4.69, 9.17) is 22.1 Å². The maximum absolute atomic E-state index is 13.4. The quantitative estimate of drug-likeness (QED) is 0.810. The van der Waals surface area contributed by atoms with Crippen LogP contribution in [0.3, 0.4) is 0 Å². The van der Waals surface area contributed by atoms with Gasteiger partial charge in [0, 0.05) is 12.1 Å². The average Bonchev–Trinajstić information content (AvgIpc) is 2.20. The van der Waals surface area contributed by atoms with Gasteiger partial charge < -0.3 is 15.6 Å². The van der Waals surface area contributed by atoms with Crippen LogP contribution in [-0.2, 0) is 0 Å². The highest BCUT2D eigenvalue weighted by Gasteiger charge is 2.17. The van der Waals surface area contributed by atoms with E-state index >= 15 is 0 Å². The first kappa shape index (κ1) is 11.2. The van der Waals surface area contributed by atoms with Gasteiger partial charge in [-0.05, 0) is 6.07 Å². The molecule has 0 amide bonds. The van der Waals surface area contributed by atoms with E-state index in [2.05, 4.69) is 0 Å². The van der Waals surface area contributed by atoms with Crippen LogP contribution in [0.4, 0.5) is 4.39 Å². The lowest BCUT2D eigenvalue weighted by atomic mass is 10.1. The molecule has 5 heteroatoms. The maximum Gasteiger partial charge on any atom is 0.183 e. The lowest BCUT2D eigenvalue weighted by Gasteiger charge is -2.14. The molecule has 0 radical (unpaired) electrons. The van der Waals surface area contributed by atoms with Crippen LogP contribution in [0.25, 0.3) is 0 Å². The Morgan fingerprint density at radius 1 is 1.64 bits per heavy atom. The van der Waals surface area contributed by atoms with Crippen LogP contribution in [0, 0.1) is 5.82 Å². The molecule has 0 aliphatic heterocycles. The minimum absolute atomic E-state index is 0.00255. The van der Waals surface area contributed by atoms with Crippen molar-refractivity contribution in [2.45, 2.75) is 6.10 Å². The van der Waals surface area contributed by atoms with E-state index in [1.807, 2.05) is 0 Å². The molecule has 0 fully saturated rings. The fourth-order valence-electron chi connectivity index (χ4n) is 1.14. The third-order valence-electron chi connectivity index (χ3n) is 1.87. The summed E-state index contributed by atoms with van der Waals surface area (Å²) in [7, 11) is 1.31. The van der Waals surface area contributed by atoms with Crippen LogP contribution in [0.2, 0.25) is 5.02 Å². The molecule has 0 aromatic heterocycles. The van der Waals surface area contributed by atoms with Gasteiger partial charge in [-0.3, -0.25) is 0 Å². The standard InChI is InChI=1S/C9H11ClFNO2/c1-14-9-5(7(13)4-12)2-3-6(10)8(9)11/h2-3,7,13H,4,12H2,1H3. The normalized spacial score (nSPS) is 12.6. The number of aliphatic hydroxyl groups excluding tert-OH is 1. The number of hydrogen-bond acceptors (Lipinski definition) is 3. The van der Waals surface area contributed by atoms with Gasteiger partial charge in [0.15, 0.2) is 11.6 Å². The molecule has 1 rings (SSSR count). The molecule has 1 aromatic rings. The SMILES string of the molecule is COc1c(C(O)CN)ccc(Cl)c1F. The summed E-state index contributed by atoms with van der Waals surface area (Å²) in [4.78, 5) is 0. The molecule has 0 heterocycles. The summed E-state index contributed by atoms with van der Waals surface area (Å²) in [5.74, 6) is -0.741. The third-order valence-corrected chi connectivity index (χ3v) is 2.16. The zero-order valence-corrected chi connectivity index (χ0v) is 8.38. The molecule has 1 atom stereocenters. The number of aliphatic hydroxyl groups is 1. The van der Waals surface area contributed by atoms with E-state index in [0.29, 0.717) is 5.56 Å². The predicted molar refractivity (Wildman–Crippen MR) is 52.0 cm³/mol. The zero-order valence-electron chi connectivity index (χ0n) is 7.63. The number of hydrogen-bond donors (Lipinski definition) is 2. The first-order chi connectivity index (χ1) is 6.61. The number of ether oxygens (including phenoxy) is 1. The number of rotatable bonds is 3. The number of benzene rings is 1. The summed E-state index contributed by atoms with van der Waals surface area (Å²) in [6.07, 6.45) is -0.947. The van der Waals surface area contributed by atoms with E-state index in [-0.39, 0.29) is 17.3 Å². The summed E-state index contributed by atoms with van der Waals surface area (Å²) in [6.45, 7) is -0.00255. The molecule has 0 saturated heterocycles. The Labute approximate surface area is 86.2 Å². The smallest absolute Gasteiger partial charge is 0.183 e. The fraction of sp³-hybridized carbons (Fsp3) is 0.333. The molecule has 1 unspecified atom stereocenters. The molecule has 1 aromatic carbocycles. The van der Waals surface area contributed by atoms with E-state index in [9.17, 15) is 9.50 Å². The van der Waals surface area contributed by atoms with E-state index in [1.54, 1.807) is 0 Å². The zero-order chi connectivity index (χ0) is 10.7. The van der Waals surface area contributed by atoms with Gasteiger partial charge in [-0.25, -0.2) is 4.39 Å². The molecular formula is C9H11ClFNO2. The van der Waals surface area contributed by atoms with Crippen LogP contribution in [0.15, 0.2) is 12.1 Å². The van der Waals surface area contributed by atoms with Crippen molar-refractivity contribution < 1.29 is 14.2 Å². The lowest BCUT2D eigenvalue weighted by molar-refractivity contribution is 0.181. The molecular weight excluding hydrogens is 209 g/mol. The second-order valence-electron chi connectivity index (χ2n) is 2.74. The number of halogens is 2. The Kier molecular flexibility index (Phi) is 3.69. The van der Waals surface area contributed by atoms with Crippen molar-refractivity contribution in [1.29, 1.82) is 0 Å². The molecule has 0 aliphatic carbocycles. The Hall–Kier alpha value is -0.840. The highest BCUT2D eigenvalue weighted by atomic mass is 35.5. The fourth-order valence-corrected chi connectivity index (χ4v) is 1.29. The van der Waals surface area contributed by atoms with Gasteiger partial charge in [-0.2, -0.15) is 0 Å². The van der Waals surface area contributed by atoms with Gasteiger partial charge >= 0.3 is 0 Å². The van der Waals surface area contributed by atoms with Crippen molar-refractivity contribution in [2.24, 2.45) is 5.73 Å². The van der Waals surface area contributed by atoms with Crippen LogP contribution >= 0.6 is 11.6 Å². The maximum atomic E-state index is 13.4. The molecule has 3 nitrogen and oxygen atoms in total. The van der Waals surface area contributed by atoms with Crippen LogP contribution in [-0.4, -0.2) is 18.8 Å². The van der Waals surface area contributed by atoms with Crippen LogP contribution < -0.4 is 10.5 Å². The van der Waals surface area contributed by atoms with Crippen molar-refractivity contribution in [3.05, 3.63) is 28.5 Å². The summed E-state index contributed by atoms with van der Waals surface area (Å²) < 4.78 is 18.2. The minimum atomic E-state index is -0.947. The highest BCUT2D eigenvalue weighted by Crippen LogP contribution is 2.32. The van der Waals surface area contributed by atoms with E-state index in [0.717, 1.165) is 0 Å². The van der Waals surface area contributed by atoms with Crippen molar-refractivity contribution in [1.82, 2.24) is 0 Å². The lowest BCUT2D eigenvalue weighted by Crippen LogP contribution is -2.13. The monoisotopic (exact) mass is 219 g/mol. The van der Waals surface area contributed by atoms with Crippen molar-refractivity contribution in [3.8, 4) is 5.75 Å². The molecule has 14 heavy (non-hydrogen) atoms. The molecule has 0 spiro atoms. The van der Waals surface area contributed by atoms with Gasteiger partial charge in [0.1, 0.15) is 0 Å². The minimum Gasteiger partial charge on any atom is -0.493 e. The molecule has 78 valence electrons. The van der Waals surface area contributed by atoms with Crippen molar-refractivity contribution in [2.75, 3.05) is 13.7 Å². The summed E-state index contributed by atoms with van der Waals surface area (Å²) in [5, 5.41) is 9.40. The van der Waals surface area contributed by atoms with Crippen molar-refractivity contribution >= 4 is 11.6 Å². The second-order valence-corrected chi connectivity index (χ2v) is 3.14. The molecule has 0 saturated carbocycles. The Bertz CT molecular complexity index is 333. The van der Waals surface area contributed by atoms with Crippen LogP contribution in [0.1, 0.15) is 11.7 Å². The number of methoxy groups -OCH3 is 1. The summed E-state index contributed by atoms with van der Waals surface area (Å²) >= 11 is 5.54. The van der Waals surface area contributed by atoms with Gasteiger partial charge in [0.25, 0.3) is 0 Å². The second kappa shape index (κ2) is 4.59. The molecule has 3 N–H and O–H groups in total. The Morgan fingerprint density at radius 2 is 2.29 bits per heavy atom. The molecule has 0 bridgehead atoms. The predicted octanol–water partition coefficient (Wildman–Crippen LogP) is 1.48. The third kappa shape index (κ3) is 1.97. The Morgan fingerprint density at radius 3 is 2.79 bits per heavy atom. The highest BCUT2D eigenvalue weighted by molar-refractivity contribution is 6.30. The van der Waals surface area contributed by atoms with Gasteiger partial charge in [0.2, 0.25) is 0 Å². The largest absolute Gasteiger partial charge is 0.493 e. The average molecular weight is 220 g/mol. The summed E-state index contributed by atoms with van der Waals surface area (Å²) in [6, 6.07) is 2.84. The topological polar surface area (TPSA) is 55.5 Å². The van der Waals surface area contributed by atoms with E-state index < -0.39 is 11.9 Å². The summed E-state index contributed by atoms with van der Waals surface area (Å²) in [5.41, 5.74) is 5.56. The first-order valence-corrected chi connectivity index (χ1v) is 4.39. The van der Waals surface area contributed by atoms with Crippen LogP contribution in [0.5, 0.6) is 5.75 Å². The van der Waals surface area contributed by atoms with Gasteiger partial charge in [-0.1, -0.05) is 17.7 Å². The van der Waals surface area contributed by atoms with Gasteiger partial charge in [-0.15, -0.1) is 0 Å². The van der Waals surface area contributed by atoms with Gasteiger partial charge in [0.05, 0.1) is 18.2 Å². The molecule has 0 aliphatic rings.